The number of amides is 1. The molecule has 2 rings (SSSR count). The normalized spacial score (nSPS) is 10.1. The summed E-state index contributed by atoms with van der Waals surface area (Å²) < 4.78 is 13.1. The quantitative estimate of drug-likeness (QED) is 0.817. The zero-order valence-electron chi connectivity index (χ0n) is 9.15. The van der Waals surface area contributed by atoms with E-state index in [0.29, 0.717) is 10.6 Å². The number of hydrogen-bond acceptors (Lipinski definition) is 2. The predicted molar refractivity (Wildman–Crippen MR) is 67.5 cm³/mol. The molecule has 0 heterocycles. The standard InChI is InChI=1S/C13H9ClFNO2/c14-10-4-2-1-3-9(10)13(18)16-8-5-6-12(17)11(15)7-8/h1-7,17H,(H,16,18). The van der Waals surface area contributed by atoms with Crippen molar-refractivity contribution in [2.75, 3.05) is 5.32 Å². The summed E-state index contributed by atoms with van der Waals surface area (Å²) in [4.78, 5) is 11.9. The highest BCUT2D eigenvalue weighted by Gasteiger charge is 2.10. The van der Waals surface area contributed by atoms with E-state index in [0.717, 1.165) is 12.1 Å². The summed E-state index contributed by atoms with van der Waals surface area (Å²) in [6.07, 6.45) is 0. The van der Waals surface area contributed by atoms with Gasteiger partial charge in [-0.1, -0.05) is 23.7 Å². The Morgan fingerprint density at radius 1 is 1.22 bits per heavy atom. The second-order valence-corrected chi connectivity index (χ2v) is 4.01. The minimum atomic E-state index is -0.799. The molecule has 0 aliphatic heterocycles. The number of nitrogens with one attached hydrogen (secondary N) is 1. The lowest BCUT2D eigenvalue weighted by atomic mass is 10.2. The zero-order valence-corrected chi connectivity index (χ0v) is 9.91. The maximum absolute atomic E-state index is 13.1. The highest BCUT2D eigenvalue weighted by atomic mass is 35.5. The number of benzene rings is 2. The van der Waals surface area contributed by atoms with Crippen LogP contribution in [0.3, 0.4) is 0 Å². The summed E-state index contributed by atoms with van der Waals surface area (Å²) in [5.74, 6) is -1.71. The molecule has 0 unspecified atom stereocenters. The molecule has 2 aromatic rings. The van der Waals surface area contributed by atoms with Gasteiger partial charge in [-0.05, 0) is 24.3 Å². The molecule has 2 N–H and O–H groups in total. The van der Waals surface area contributed by atoms with E-state index in [-0.39, 0.29) is 5.69 Å². The van der Waals surface area contributed by atoms with Crippen molar-refractivity contribution >= 4 is 23.2 Å². The summed E-state index contributed by atoms with van der Waals surface area (Å²) >= 11 is 5.87. The summed E-state index contributed by atoms with van der Waals surface area (Å²) in [5, 5.41) is 11.8. The van der Waals surface area contributed by atoms with Crippen LogP contribution in [0, 0.1) is 5.82 Å². The van der Waals surface area contributed by atoms with Gasteiger partial charge >= 0.3 is 0 Å². The lowest BCUT2D eigenvalue weighted by Crippen LogP contribution is -2.12. The monoisotopic (exact) mass is 265 g/mol. The van der Waals surface area contributed by atoms with Gasteiger partial charge in [-0.3, -0.25) is 4.79 Å². The molecule has 0 fully saturated rings. The first-order valence-electron chi connectivity index (χ1n) is 5.12. The minimum absolute atomic E-state index is 0.246. The van der Waals surface area contributed by atoms with Crippen molar-refractivity contribution in [3.05, 3.63) is 58.9 Å². The van der Waals surface area contributed by atoms with Gasteiger partial charge in [0, 0.05) is 11.8 Å². The Bertz CT molecular complexity index is 601. The molecular formula is C13H9ClFNO2. The van der Waals surface area contributed by atoms with Crippen LogP contribution in [-0.4, -0.2) is 11.0 Å². The van der Waals surface area contributed by atoms with Crippen LogP contribution < -0.4 is 5.32 Å². The van der Waals surface area contributed by atoms with Gasteiger partial charge in [-0.15, -0.1) is 0 Å². The van der Waals surface area contributed by atoms with E-state index in [2.05, 4.69) is 5.32 Å². The van der Waals surface area contributed by atoms with Crippen molar-refractivity contribution in [2.45, 2.75) is 0 Å². The maximum atomic E-state index is 13.1. The number of anilines is 1. The number of phenols is 1. The van der Waals surface area contributed by atoms with E-state index >= 15 is 0 Å². The average Bonchev–Trinajstić information content (AvgIpc) is 2.34. The van der Waals surface area contributed by atoms with E-state index in [4.69, 9.17) is 16.7 Å². The molecule has 1 amide bonds. The van der Waals surface area contributed by atoms with Gasteiger partial charge < -0.3 is 10.4 Å². The Labute approximate surface area is 108 Å². The minimum Gasteiger partial charge on any atom is -0.505 e. The number of phenolic OH excluding ortho intramolecular Hbond substituents is 1. The molecule has 0 atom stereocenters. The number of rotatable bonds is 2. The van der Waals surface area contributed by atoms with Gasteiger partial charge in [-0.2, -0.15) is 0 Å². The van der Waals surface area contributed by atoms with Crippen molar-refractivity contribution in [3.63, 3.8) is 0 Å². The molecule has 0 spiro atoms. The Morgan fingerprint density at radius 3 is 2.61 bits per heavy atom. The van der Waals surface area contributed by atoms with E-state index in [1.54, 1.807) is 24.3 Å². The van der Waals surface area contributed by atoms with Crippen molar-refractivity contribution in [2.24, 2.45) is 0 Å². The summed E-state index contributed by atoms with van der Waals surface area (Å²) in [6.45, 7) is 0. The Hall–Kier alpha value is -2.07. The molecule has 0 radical (unpaired) electrons. The lowest BCUT2D eigenvalue weighted by molar-refractivity contribution is 0.102. The third-order valence-corrected chi connectivity index (χ3v) is 2.65. The van der Waals surface area contributed by atoms with E-state index < -0.39 is 17.5 Å². The molecule has 2 aromatic carbocycles. The number of halogens is 2. The van der Waals surface area contributed by atoms with Gasteiger partial charge in [0.05, 0.1) is 10.6 Å². The van der Waals surface area contributed by atoms with Crippen LogP contribution in [-0.2, 0) is 0 Å². The van der Waals surface area contributed by atoms with Gasteiger partial charge in [-0.25, -0.2) is 4.39 Å². The van der Waals surface area contributed by atoms with Crippen LogP contribution >= 0.6 is 11.6 Å². The Kier molecular flexibility index (Phi) is 3.48. The molecule has 3 nitrogen and oxygen atoms in total. The molecule has 0 aliphatic rings. The predicted octanol–water partition coefficient (Wildman–Crippen LogP) is 3.44. The summed E-state index contributed by atoms with van der Waals surface area (Å²) in [6, 6.07) is 10.1. The van der Waals surface area contributed by atoms with Crippen LogP contribution in [0.1, 0.15) is 10.4 Å². The first kappa shape index (κ1) is 12.4. The van der Waals surface area contributed by atoms with Gasteiger partial charge in [0.2, 0.25) is 0 Å². The third-order valence-electron chi connectivity index (χ3n) is 2.32. The number of aromatic hydroxyl groups is 1. The van der Waals surface area contributed by atoms with E-state index in [1.165, 1.54) is 6.07 Å². The molecule has 0 aromatic heterocycles. The second-order valence-electron chi connectivity index (χ2n) is 3.60. The first-order valence-corrected chi connectivity index (χ1v) is 5.50. The fraction of sp³-hybridized carbons (Fsp3) is 0. The average molecular weight is 266 g/mol. The van der Waals surface area contributed by atoms with Crippen molar-refractivity contribution in [3.8, 4) is 5.75 Å². The van der Waals surface area contributed by atoms with Gasteiger partial charge in [0.25, 0.3) is 5.91 Å². The van der Waals surface area contributed by atoms with Crippen molar-refractivity contribution in [1.82, 2.24) is 0 Å². The summed E-state index contributed by atoms with van der Waals surface area (Å²) in [5.41, 5.74) is 0.544. The van der Waals surface area contributed by atoms with Crippen LogP contribution in [0.5, 0.6) is 5.75 Å². The smallest absolute Gasteiger partial charge is 0.257 e. The number of carbonyl (C=O) groups excluding carboxylic acids is 1. The number of carbonyl (C=O) groups is 1. The molecule has 0 saturated heterocycles. The zero-order chi connectivity index (χ0) is 13.1. The topological polar surface area (TPSA) is 49.3 Å². The fourth-order valence-corrected chi connectivity index (χ4v) is 1.65. The molecule has 0 aliphatic carbocycles. The van der Waals surface area contributed by atoms with Crippen LogP contribution in [0.4, 0.5) is 10.1 Å². The van der Waals surface area contributed by atoms with Crippen LogP contribution in [0.15, 0.2) is 42.5 Å². The highest BCUT2D eigenvalue weighted by Crippen LogP contribution is 2.21. The molecule has 0 saturated carbocycles. The summed E-state index contributed by atoms with van der Waals surface area (Å²) in [7, 11) is 0. The lowest BCUT2D eigenvalue weighted by Gasteiger charge is -2.07. The first-order chi connectivity index (χ1) is 8.58. The molecular weight excluding hydrogens is 257 g/mol. The molecule has 18 heavy (non-hydrogen) atoms. The van der Waals surface area contributed by atoms with Gasteiger partial charge in [0.1, 0.15) is 0 Å². The molecule has 92 valence electrons. The molecule has 0 bridgehead atoms. The number of hydrogen-bond donors (Lipinski definition) is 2. The SMILES string of the molecule is O=C(Nc1ccc(O)c(F)c1)c1ccccc1Cl. The Morgan fingerprint density at radius 2 is 1.94 bits per heavy atom. The second kappa shape index (κ2) is 5.06. The van der Waals surface area contributed by atoms with E-state index in [1.807, 2.05) is 0 Å². The van der Waals surface area contributed by atoms with E-state index in [9.17, 15) is 9.18 Å². The highest BCUT2D eigenvalue weighted by molar-refractivity contribution is 6.34. The third kappa shape index (κ3) is 2.60. The molecule has 5 heteroatoms. The van der Waals surface area contributed by atoms with Crippen LogP contribution in [0.2, 0.25) is 5.02 Å². The van der Waals surface area contributed by atoms with Crippen LogP contribution in [0.25, 0.3) is 0 Å². The fourth-order valence-electron chi connectivity index (χ4n) is 1.43. The van der Waals surface area contributed by atoms with Crippen molar-refractivity contribution in [1.29, 1.82) is 0 Å². The Balaban J connectivity index is 2.22. The maximum Gasteiger partial charge on any atom is 0.257 e. The van der Waals surface area contributed by atoms with Crippen molar-refractivity contribution < 1.29 is 14.3 Å². The largest absolute Gasteiger partial charge is 0.505 e. The van der Waals surface area contributed by atoms with Gasteiger partial charge in [0.15, 0.2) is 11.6 Å².